The maximum atomic E-state index is 12.4. The van der Waals surface area contributed by atoms with Gasteiger partial charge in [0.15, 0.2) is 17.6 Å². The summed E-state index contributed by atoms with van der Waals surface area (Å²) in [7, 11) is 2.98. The molecule has 1 amide bonds. The van der Waals surface area contributed by atoms with Crippen LogP contribution in [0.4, 0.5) is 5.69 Å². The van der Waals surface area contributed by atoms with Crippen LogP contribution in [-0.4, -0.2) is 32.2 Å². The number of ether oxygens (including phenoxy) is 3. The van der Waals surface area contributed by atoms with Crippen molar-refractivity contribution in [3.8, 4) is 11.5 Å². The fourth-order valence-corrected chi connectivity index (χ4v) is 3.00. The van der Waals surface area contributed by atoms with Crippen LogP contribution in [0.5, 0.6) is 11.5 Å². The summed E-state index contributed by atoms with van der Waals surface area (Å²) in [5, 5.41) is 3.15. The van der Waals surface area contributed by atoms with Crippen molar-refractivity contribution < 1.29 is 23.8 Å². The van der Waals surface area contributed by atoms with E-state index < -0.39 is 18.0 Å². The van der Waals surface area contributed by atoms with E-state index in [0.717, 1.165) is 16.8 Å². The zero-order chi connectivity index (χ0) is 21.6. The topological polar surface area (TPSA) is 73.9 Å². The number of amides is 1. The van der Waals surface area contributed by atoms with Crippen molar-refractivity contribution in [3.05, 3.63) is 58.1 Å². The van der Waals surface area contributed by atoms with Crippen LogP contribution in [-0.2, 0) is 14.3 Å². The van der Waals surface area contributed by atoms with Crippen LogP contribution in [0, 0.1) is 13.8 Å². The predicted octanol–water partition coefficient (Wildman–Crippen LogP) is 4.56. The highest BCUT2D eigenvalue weighted by molar-refractivity contribution is 6.32. The Kier molecular flexibility index (Phi) is 7.67. The Balaban J connectivity index is 2.03. The Labute approximate surface area is 175 Å². The molecule has 2 aromatic rings. The average molecular weight is 418 g/mol. The van der Waals surface area contributed by atoms with Crippen LogP contribution in [0.15, 0.2) is 36.4 Å². The van der Waals surface area contributed by atoms with Gasteiger partial charge in [0.25, 0.3) is 5.91 Å². The molecule has 7 heteroatoms. The van der Waals surface area contributed by atoms with Gasteiger partial charge in [-0.2, -0.15) is 0 Å². The molecule has 0 aromatic heterocycles. The van der Waals surface area contributed by atoms with E-state index in [1.165, 1.54) is 33.3 Å². The van der Waals surface area contributed by atoms with E-state index >= 15 is 0 Å². The first kappa shape index (κ1) is 22.3. The van der Waals surface area contributed by atoms with Crippen LogP contribution in [0.2, 0.25) is 5.02 Å². The van der Waals surface area contributed by atoms with Gasteiger partial charge in [0.05, 0.1) is 19.2 Å². The van der Waals surface area contributed by atoms with E-state index in [1.54, 1.807) is 12.1 Å². The van der Waals surface area contributed by atoms with E-state index in [4.69, 9.17) is 25.8 Å². The highest BCUT2D eigenvalue weighted by atomic mass is 35.5. The van der Waals surface area contributed by atoms with Gasteiger partial charge in [-0.05, 0) is 55.7 Å². The summed E-state index contributed by atoms with van der Waals surface area (Å²) >= 11 is 6.15. The number of para-hydroxylation sites is 1. The number of rotatable bonds is 7. The lowest BCUT2D eigenvalue weighted by Gasteiger charge is -2.15. The van der Waals surface area contributed by atoms with E-state index in [9.17, 15) is 9.59 Å². The second kappa shape index (κ2) is 9.98. The summed E-state index contributed by atoms with van der Waals surface area (Å²) in [5.41, 5.74) is 3.21. The number of benzene rings is 2. The zero-order valence-electron chi connectivity index (χ0n) is 17.0. The number of halogens is 1. The van der Waals surface area contributed by atoms with Crippen LogP contribution in [0.25, 0.3) is 6.08 Å². The maximum Gasteiger partial charge on any atom is 0.331 e. The molecule has 2 aromatic carbocycles. The molecule has 0 bridgehead atoms. The van der Waals surface area contributed by atoms with Crippen molar-refractivity contribution in [1.82, 2.24) is 0 Å². The zero-order valence-corrected chi connectivity index (χ0v) is 17.8. The van der Waals surface area contributed by atoms with Crippen molar-refractivity contribution in [2.75, 3.05) is 19.5 Å². The Bertz CT molecular complexity index is 919. The quantitative estimate of drug-likeness (QED) is 0.528. The predicted molar refractivity (Wildman–Crippen MR) is 114 cm³/mol. The second-order valence-corrected chi connectivity index (χ2v) is 6.81. The summed E-state index contributed by atoms with van der Waals surface area (Å²) < 4.78 is 15.6. The lowest BCUT2D eigenvalue weighted by Crippen LogP contribution is -2.30. The highest BCUT2D eigenvalue weighted by Crippen LogP contribution is 2.36. The van der Waals surface area contributed by atoms with E-state index in [-0.39, 0.29) is 0 Å². The maximum absolute atomic E-state index is 12.4. The molecule has 0 aliphatic heterocycles. The van der Waals surface area contributed by atoms with Crippen molar-refractivity contribution in [2.45, 2.75) is 26.9 Å². The number of methoxy groups -OCH3 is 2. The molecule has 0 saturated carbocycles. The number of hydrogen-bond acceptors (Lipinski definition) is 5. The van der Waals surface area contributed by atoms with E-state index in [1.807, 2.05) is 32.0 Å². The Morgan fingerprint density at radius 2 is 1.76 bits per heavy atom. The number of carbonyl (C=O) groups is 2. The summed E-state index contributed by atoms with van der Waals surface area (Å²) in [6.07, 6.45) is 1.78. The third kappa shape index (κ3) is 5.74. The number of nitrogens with one attached hydrogen (secondary N) is 1. The molecule has 1 atom stereocenters. The fraction of sp³-hybridized carbons (Fsp3) is 0.273. The lowest BCUT2D eigenvalue weighted by atomic mass is 10.1. The lowest BCUT2D eigenvalue weighted by molar-refractivity contribution is -0.148. The van der Waals surface area contributed by atoms with E-state index in [2.05, 4.69) is 5.32 Å². The van der Waals surface area contributed by atoms with Gasteiger partial charge in [-0.1, -0.05) is 29.8 Å². The normalized spacial score (nSPS) is 11.8. The largest absolute Gasteiger partial charge is 0.493 e. The molecule has 0 fully saturated rings. The number of aryl methyl sites for hydroxylation is 2. The average Bonchev–Trinajstić information content (AvgIpc) is 2.68. The number of esters is 1. The minimum Gasteiger partial charge on any atom is -0.493 e. The van der Waals surface area contributed by atoms with Gasteiger partial charge in [-0.15, -0.1) is 0 Å². The van der Waals surface area contributed by atoms with Gasteiger partial charge in [0.2, 0.25) is 0 Å². The third-order valence-corrected chi connectivity index (χ3v) is 4.54. The van der Waals surface area contributed by atoms with Gasteiger partial charge in [0.1, 0.15) is 0 Å². The minimum absolute atomic E-state index is 0.348. The summed E-state index contributed by atoms with van der Waals surface area (Å²) in [4.78, 5) is 24.5. The highest BCUT2D eigenvalue weighted by Gasteiger charge is 2.18. The van der Waals surface area contributed by atoms with Gasteiger partial charge >= 0.3 is 5.97 Å². The van der Waals surface area contributed by atoms with E-state index in [0.29, 0.717) is 22.1 Å². The molecule has 0 aliphatic rings. The molecular weight excluding hydrogens is 394 g/mol. The first-order valence-corrected chi connectivity index (χ1v) is 9.32. The van der Waals surface area contributed by atoms with Crippen LogP contribution < -0.4 is 14.8 Å². The Morgan fingerprint density at radius 1 is 1.10 bits per heavy atom. The SMILES string of the molecule is COc1cc(/C=C/C(=O)O[C@H](C)C(=O)Nc2c(C)cccc2C)cc(Cl)c1OC. The first-order valence-electron chi connectivity index (χ1n) is 8.94. The monoisotopic (exact) mass is 417 g/mol. The van der Waals surface area contributed by atoms with Gasteiger partial charge in [-0.3, -0.25) is 4.79 Å². The third-order valence-electron chi connectivity index (χ3n) is 4.26. The summed E-state index contributed by atoms with van der Waals surface area (Å²) in [6.45, 7) is 5.31. The van der Waals surface area contributed by atoms with Crippen LogP contribution >= 0.6 is 11.6 Å². The molecule has 154 valence electrons. The molecule has 0 saturated heterocycles. The molecule has 6 nitrogen and oxygen atoms in total. The number of anilines is 1. The fourth-order valence-electron chi connectivity index (χ4n) is 2.70. The van der Waals surface area contributed by atoms with Gasteiger partial charge in [0, 0.05) is 11.8 Å². The minimum atomic E-state index is -0.958. The first-order chi connectivity index (χ1) is 13.8. The number of carbonyl (C=O) groups excluding carboxylic acids is 2. The smallest absolute Gasteiger partial charge is 0.331 e. The van der Waals surface area contributed by atoms with Gasteiger partial charge < -0.3 is 19.5 Å². The van der Waals surface area contributed by atoms with Crippen LogP contribution in [0.3, 0.4) is 0 Å². The molecule has 2 rings (SSSR count). The second-order valence-electron chi connectivity index (χ2n) is 6.41. The molecular formula is C22H24ClNO5. The summed E-state index contributed by atoms with van der Waals surface area (Å²) in [5.74, 6) is -0.210. The van der Waals surface area contributed by atoms with Crippen molar-refractivity contribution in [1.29, 1.82) is 0 Å². The Hall–Kier alpha value is -2.99. The standard InChI is InChI=1S/C22H24ClNO5/c1-13-7-6-8-14(2)20(13)24-22(26)15(3)29-19(25)10-9-16-11-17(23)21(28-5)18(12-16)27-4/h6-12,15H,1-5H3,(H,24,26)/b10-9+/t15-/m1/s1. The molecule has 0 unspecified atom stereocenters. The molecule has 0 heterocycles. The molecule has 0 aliphatic carbocycles. The summed E-state index contributed by atoms with van der Waals surface area (Å²) in [6, 6.07) is 9.01. The van der Waals surface area contributed by atoms with Crippen molar-refractivity contribution >= 4 is 35.2 Å². The molecule has 0 radical (unpaired) electrons. The van der Waals surface area contributed by atoms with Crippen molar-refractivity contribution in [2.24, 2.45) is 0 Å². The van der Waals surface area contributed by atoms with Crippen LogP contribution in [0.1, 0.15) is 23.6 Å². The number of hydrogen-bond donors (Lipinski definition) is 1. The Morgan fingerprint density at radius 3 is 2.34 bits per heavy atom. The molecule has 29 heavy (non-hydrogen) atoms. The van der Waals surface area contributed by atoms with Gasteiger partial charge in [-0.25, -0.2) is 4.79 Å². The molecule has 0 spiro atoms. The van der Waals surface area contributed by atoms with Crippen molar-refractivity contribution in [3.63, 3.8) is 0 Å². The molecule has 1 N–H and O–H groups in total.